The van der Waals surface area contributed by atoms with Crippen LogP contribution < -0.4 is 10.1 Å². The number of urea groups is 1. The predicted octanol–water partition coefficient (Wildman–Crippen LogP) is 3.13. The molecule has 1 heterocycles. The van der Waals surface area contributed by atoms with Crippen LogP contribution in [0.5, 0.6) is 5.75 Å². The number of hydrogen-bond acceptors (Lipinski definition) is 3. The molecular weight excluding hydrogens is 330 g/mol. The molecule has 6 heteroatoms. The van der Waals surface area contributed by atoms with E-state index in [4.69, 9.17) is 4.74 Å². The van der Waals surface area contributed by atoms with Crippen LogP contribution in [0.1, 0.15) is 51.4 Å². The highest BCUT2D eigenvalue weighted by molar-refractivity contribution is 5.94. The largest absolute Gasteiger partial charge is 0.491 e. The zero-order valence-electron chi connectivity index (χ0n) is 16.5. The molecule has 1 aliphatic rings. The third-order valence-electron chi connectivity index (χ3n) is 4.03. The van der Waals surface area contributed by atoms with Gasteiger partial charge in [0.25, 0.3) is 5.91 Å². The van der Waals surface area contributed by atoms with E-state index in [0.29, 0.717) is 31.7 Å². The van der Waals surface area contributed by atoms with Crippen LogP contribution >= 0.6 is 0 Å². The summed E-state index contributed by atoms with van der Waals surface area (Å²) < 4.78 is 5.62. The van der Waals surface area contributed by atoms with Crippen molar-refractivity contribution in [3.8, 4) is 5.75 Å². The minimum atomic E-state index is -0.265. The summed E-state index contributed by atoms with van der Waals surface area (Å²) in [6.45, 7) is 12.2. The fourth-order valence-electron chi connectivity index (χ4n) is 2.85. The van der Waals surface area contributed by atoms with E-state index in [1.165, 1.54) is 0 Å². The monoisotopic (exact) mass is 361 g/mol. The summed E-state index contributed by atoms with van der Waals surface area (Å²) in [6, 6.07) is 7.19. The fourth-order valence-corrected chi connectivity index (χ4v) is 2.85. The summed E-state index contributed by atoms with van der Waals surface area (Å²) in [5.41, 5.74) is 0.382. The Bertz CT molecular complexity index is 620. The molecule has 1 fully saturated rings. The van der Waals surface area contributed by atoms with Gasteiger partial charge in [-0.05, 0) is 65.3 Å². The summed E-state index contributed by atoms with van der Waals surface area (Å²) in [4.78, 5) is 28.7. The molecule has 0 bridgehead atoms. The normalized spacial score (nSPS) is 15.6. The standard InChI is InChI=1S/C20H31N3O3/c1-15(2)26-17-9-7-16(8-10-17)18(24)22-11-6-12-23(14-13-22)19(25)21-20(3,4)5/h7-10,15H,6,11-14H2,1-5H3,(H,21,25). The molecular formula is C20H31N3O3. The SMILES string of the molecule is CC(C)Oc1ccc(C(=O)N2CCCN(C(=O)NC(C)(C)C)CC2)cc1. The van der Waals surface area contributed by atoms with Crippen molar-refractivity contribution in [2.45, 2.75) is 52.7 Å². The third kappa shape index (κ3) is 5.93. The minimum Gasteiger partial charge on any atom is -0.491 e. The summed E-state index contributed by atoms with van der Waals surface area (Å²) in [5, 5.41) is 2.98. The molecule has 0 saturated carbocycles. The molecule has 1 aromatic rings. The van der Waals surface area contributed by atoms with Crippen LogP contribution in [0, 0.1) is 0 Å². The second-order valence-corrected chi connectivity index (χ2v) is 8.00. The van der Waals surface area contributed by atoms with Crippen molar-refractivity contribution in [2.75, 3.05) is 26.2 Å². The van der Waals surface area contributed by atoms with Crippen molar-refractivity contribution in [2.24, 2.45) is 0 Å². The Morgan fingerprint density at radius 3 is 2.15 bits per heavy atom. The Kier molecular flexibility index (Phi) is 6.51. The van der Waals surface area contributed by atoms with E-state index in [-0.39, 0.29) is 23.6 Å². The van der Waals surface area contributed by atoms with Crippen LogP contribution in [-0.4, -0.2) is 59.6 Å². The molecule has 1 aromatic carbocycles. The third-order valence-corrected chi connectivity index (χ3v) is 4.03. The molecule has 2 rings (SSSR count). The van der Waals surface area contributed by atoms with Crippen LogP contribution in [0.3, 0.4) is 0 Å². The molecule has 0 aromatic heterocycles. The van der Waals surface area contributed by atoms with Crippen LogP contribution in [0.2, 0.25) is 0 Å². The maximum Gasteiger partial charge on any atom is 0.317 e. The van der Waals surface area contributed by atoms with Gasteiger partial charge in [0, 0.05) is 37.3 Å². The molecule has 144 valence electrons. The number of amides is 3. The zero-order valence-corrected chi connectivity index (χ0v) is 16.5. The van der Waals surface area contributed by atoms with Gasteiger partial charge in [-0.1, -0.05) is 0 Å². The minimum absolute atomic E-state index is 0.000763. The van der Waals surface area contributed by atoms with Crippen molar-refractivity contribution >= 4 is 11.9 Å². The first-order chi connectivity index (χ1) is 12.2. The van der Waals surface area contributed by atoms with E-state index < -0.39 is 0 Å². The van der Waals surface area contributed by atoms with Crippen LogP contribution in [0.4, 0.5) is 4.79 Å². The number of carbonyl (C=O) groups excluding carboxylic acids is 2. The van der Waals surface area contributed by atoms with Gasteiger partial charge >= 0.3 is 6.03 Å². The number of benzene rings is 1. The van der Waals surface area contributed by atoms with Gasteiger partial charge in [-0.3, -0.25) is 4.79 Å². The van der Waals surface area contributed by atoms with Crippen molar-refractivity contribution in [3.05, 3.63) is 29.8 Å². The van der Waals surface area contributed by atoms with Crippen molar-refractivity contribution in [1.82, 2.24) is 15.1 Å². The molecule has 0 radical (unpaired) electrons. The Morgan fingerprint density at radius 2 is 1.58 bits per heavy atom. The molecule has 0 aliphatic carbocycles. The lowest BCUT2D eigenvalue weighted by Crippen LogP contribution is -2.49. The fraction of sp³-hybridized carbons (Fsp3) is 0.600. The van der Waals surface area contributed by atoms with E-state index in [1.807, 2.05) is 51.7 Å². The molecule has 6 nitrogen and oxygen atoms in total. The maximum absolute atomic E-state index is 12.8. The van der Waals surface area contributed by atoms with Crippen molar-refractivity contribution in [3.63, 3.8) is 0 Å². The second kappa shape index (κ2) is 8.43. The number of ether oxygens (including phenoxy) is 1. The molecule has 1 aliphatic heterocycles. The number of carbonyl (C=O) groups is 2. The average Bonchev–Trinajstić information content (AvgIpc) is 2.79. The van der Waals surface area contributed by atoms with Crippen LogP contribution in [0.25, 0.3) is 0 Å². The molecule has 0 atom stereocenters. The lowest BCUT2D eigenvalue weighted by Gasteiger charge is -2.27. The van der Waals surface area contributed by atoms with E-state index >= 15 is 0 Å². The number of hydrogen-bond donors (Lipinski definition) is 1. The van der Waals surface area contributed by atoms with E-state index in [0.717, 1.165) is 12.2 Å². The molecule has 0 spiro atoms. The quantitative estimate of drug-likeness (QED) is 0.900. The Labute approximate surface area is 156 Å². The smallest absolute Gasteiger partial charge is 0.317 e. The second-order valence-electron chi connectivity index (χ2n) is 8.00. The lowest BCUT2D eigenvalue weighted by atomic mass is 10.1. The van der Waals surface area contributed by atoms with E-state index in [9.17, 15) is 9.59 Å². The zero-order chi connectivity index (χ0) is 19.3. The van der Waals surface area contributed by atoms with Gasteiger partial charge in [0.05, 0.1) is 6.10 Å². The molecule has 1 saturated heterocycles. The number of nitrogens with one attached hydrogen (secondary N) is 1. The topological polar surface area (TPSA) is 61.9 Å². The summed E-state index contributed by atoms with van der Waals surface area (Å²) in [5.74, 6) is 0.761. The Morgan fingerprint density at radius 1 is 1.00 bits per heavy atom. The Hall–Kier alpha value is -2.24. The first-order valence-corrected chi connectivity index (χ1v) is 9.29. The van der Waals surface area contributed by atoms with Gasteiger partial charge in [-0.2, -0.15) is 0 Å². The first kappa shape index (κ1) is 20.1. The van der Waals surface area contributed by atoms with E-state index in [2.05, 4.69) is 5.32 Å². The molecule has 3 amide bonds. The summed E-state index contributed by atoms with van der Waals surface area (Å²) >= 11 is 0. The average molecular weight is 361 g/mol. The van der Waals surface area contributed by atoms with Gasteiger partial charge in [0.2, 0.25) is 0 Å². The predicted molar refractivity (Wildman–Crippen MR) is 103 cm³/mol. The highest BCUT2D eigenvalue weighted by atomic mass is 16.5. The molecule has 26 heavy (non-hydrogen) atoms. The van der Waals surface area contributed by atoms with Crippen LogP contribution in [-0.2, 0) is 0 Å². The van der Waals surface area contributed by atoms with Gasteiger partial charge in [-0.25, -0.2) is 4.79 Å². The summed E-state index contributed by atoms with van der Waals surface area (Å²) in [6.07, 6.45) is 0.880. The number of rotatable bonds is 3. The van der Waals surface area contributed by atoms with Crippen LogP contribution in [0.15, 0.2) is 24.3 Å². The highest BCUT2D eigenvalue weighted by Gasteiger charge is 2.24. The summed E-state index contributed by atoms with van der Waals surface area (Å²) in [7, 11) is 0. The highest BCUT2D eigenvalue weighted by Crippen LogP contribution is 2.16. The number of nitrogens with zero attached hydrogens (tertiary/aromatic N) is 2. The first-order valence-electron chi connectivity index (χ1n) is 9.29. The molecule has 0 unspecified atom stereocenters. The molecule has 1 N–H and O–H groups in total. The lowest BCUT2D eigenvalue weighted by molar-refractivity contribution is 0.0762. The Balaban J connectivity index is 1.95. The van der Waals surface area contributed by atoms with Gasteiger partial charge in [0.15, 0.2) is 0 Å². The maximum atomic E-state index is 12.8. The van der Waals surface area contributed by atoms with E-state index in [1.54, 1.807) is 17.0 Å². The van der Waals surface area contributed by atoms with Gasteiger partial charge < -0.3 is 19.9 Å². The van der Waals surface area contributed by atoms with Gasteiger partial charge in [0.1, 0.15) is 5.75 Å². The van der Waals surface area contributed by atoms with Crippen molar-refractivity contribution in [1.29, 1.82) is 0 Å². The van der Waals surface area contributed by atoms with Gasteiger partial charge in [-0.15, -0.1) is 0 Å². The van der Waals surface area contributed by atoms with Crippen molar-refractivity contribution < 1.29 is 14.3 Å².